The molecule has 0 spiro atoms. The molecule has 2 aromatic heterocycles. The molecule has 1 fully saturated rings. The predicted molar refractivity (Wildman–Crippen MR) is 150 cm³/mol. The summed E-state index contributed by atoms with van der Waals surface area (Å²) < 4.78 is 3.27. The second kappa shape index (κ2) is 10.2. The van der Waals surface area contributed by atoms with Gasteiger partial charge in [-0.05, 0) is 86.2 Å². The number of anilines is 1. The number of pyridine rings is 1. The van der Waals surface area contributed by atoms with Crippen LogP contribution in [0.4, 0.5) is 5.69 Å². The van der Waals surface area contributed by atoms with Crippen LogP contribution in [0.1, 0.15) is 34.7 Å². The van der Waals surface area contributed by atoms with E-state index in [0.29, 0.717) is 5.11 Å². The number of aromatic nitrogens is 2. The molecule has 0 saturated carbocycles. The number of amides is 1. The van der Waals surface area contributed by atoms with Gasteiger partial charge in [0.2, 0.25) is 5.91 Å². The van der Waals surface area contributed by atoms with E-state index in [9.17, 15) is 4.79 Å². The average molecular weight is 561 g/mol. The van der Waals surface area contributed by atoms with Crippen molar-refractivity contribution in [1.82, 2.24) is 19.8 Å². The van der Waals surface area contributed by atoms with Crippen LogP contribution in [-0.2, 0) is 4.79 Å². The maximum atomic E-state index is 13.1. The van der Waals surface area contributed by atoms with E-state index >= 15 is 0 Å². The van der Waals surface area contributed by atoms with Crippen LogP contribution in [0.25, 0.3) is 5.69 Å². The number of nitrogens with zero attached hydrogens (tertiary/aromatic N) is 3. The normalized spacial score (nSPS) is 17.2. The molecule has 0 radical (unpaired) electrons. The van der Waals surface area contributed by atoms with Crippen LogP contribution in [0.15, 0.2) is 89.5 Å². The molecule has 36 heavy (non-hydrogen) atoms. The Labute approximate surface area is 224 Å². The highest BCUT2D eigenvalue weighted by Crippen LogP contribution is 2.41. The third kappa shape index (κ3) is 4.79. The second-order valence-corrected chi connectivity index (χ2v) is 10.1. The van der Waals surface area contributed by atoms with Crippen LogP contribution in [0.5, 0.6) is 0 Å². The van der Waals surface area contributed by atoms with Gasteiger partial charge >= 0.3 is 0 Å². The number of carbonyl (C=O) groups is 1. The number of hydrogen-bond acceptors (Lipinski definition) is 3. The van der Waals surface area contributed by atoms with Crippen molar-refractivity contribution in [2.24, 2.45) is 0 Å². The zero-order valence-corrected chi connectivity index (χ0v) is 22.4. The zero-order valence-electron chi connectivity index (χ0n) is 20.0. The molecule has 0 unspecified atom stereocenters. The van der Waals surface area contributed by atoms with Crippen LogP contribution in [0.3, 0.4) is 0 Å². The monoisotopic (exact) mass is 559 g/mol. The Bertz CT molecular complexity index is 1390. The molecule has 8 heteroatoms. The van der Waals surface area contributed by atoms with E-state index in [2.05, 4.69) is 68.2 Å². The highest BCUT2D eigenvalue weighted by atomic mass is 79.9. The molecule has 5 rings (SSSR count). The standard InChI is InChI=1S/C28H26BrN5OS/c1-18-16-23(19(2)34(18)22-13-11-20(29)12-14-22)27-26(24-10-6-7-15-30-24)32-28(36)33(27)17-25(35)31-21-8-4-3-5-9-21/h3-16,26-27H,17H2,1-2H3,(H,31,35)(H,32,36)/t26-,27-/m1/s1. The lowest BCUT2D eigenvalue weighted by atomic mass is 9.96. The van der Waals surface area contributed by atoms with Crippen molar-refractivity contribution in [2.45, 2.75) is 25.9 Å². The molecule has 1 aliphatic heterocycles. The number of halogens is 1. The Morgan fingerprint density at radius 3 is 2.47 bits per heavy atom. The topological polar surface area (TPSA) is 62.2 Å². The maximum absolute atomic E-state index is 13.1. The van der Waals surface area contributed by atoms with Crippen molar-refractivity contribution in [3.63, 3.8) is 0 Å². The average Bonchev–Trinajstić information content (AvgIpc) is 3.35. The Kier molecular flexibility index (Phi) is 6.89. The number of thiocarbonyl (C=S) groups is 1. The van der Waals surface area contributed by atoms with Crippen molar-refractivity contribution in [3.8, 4) is 5.69 Å². The van der Waals surface area contributed by atoms with Gasteiger partial charge in [0.1, 0.15) is 6.54 Å². The Hall–Kier alpha value is -3.49. The summed E-state index contributed by atoms with van der Waals surface area (Å²) in [5.74, 6) is -0.126. The molecular formula is C28H26BrN5OS. The number of hydrogen-bond donors (Lipinski definition) is 2. The van der Waals surface area contributed by atoms with Gasteiger partial charge in [-0.2, -0.15) is 0 Å². The van der Waals surface area contributed by atoms with Crippen LogP contribution in [0.2, 0.25) is 0 Å². The fourth-order valence-corrected chi connectivity index (χ4v) is 5.44. The molecule has 2 atom stereocenters. The summed E-state index contributed by atoms with van der Waals surface area (Å²) in [5, 5.41) is 6.96. The summed E-state index contributed by atoms with van der Waals surface area (Å²) >= 11 is 9.29. The lowest BCUT2D eigenvalue weighted by Crippen LogP contribution is -2.37. The minimum atomic E-state index is -0.204. The summed E-state index contributed by atoms with van der Waals surface area (Å²) in [7, 11) is 0. The Morgan fingerprint density at radius 1 is 1.06 bits per heavy atom. The summed E-state index contributed by atoms with van der Waals surface area (Å²) in [6, 6.07) is 25.4. The summed E-state index contributed by atoms with van der Waals surface area (Å²) in [5.41, 5.74) is 6.02. The summed E-state index contributed by atoms with van der Waals surface area (Å²) in [6.45, 7) is 4.33. The van der Waals surface area contributed by atoms with Crippen LogP contribution in [-0.4, -0.2) is 32.0 Å². The van der Waals surface area contributed by atoms with Gasteiger partial charge in [0.05, 0.1) is 17.8 Å². The summed E-state index contributed by atoms with van der Waals surface area (Å²) in [4.78, 5) is 19.7. The number of para-hydroxylation sites is 1. The van der Waals surface area contributed by atoms with Gasteiger partial charge in [-0.1, -0.05) is 40.2 Å². The fraction of sp³-hybridized carbons (Fsp3) is 0.179. The highest BCUT2D eigenvalue weighted by Gasteiger charge is 2.42. The fourth-order valence-electron chi connectivity index (χ4n) is 4.87. The molecule has 1 aliphatic rings. The third-order valence-electron chi connectivity index (χ3n) is 6.44. The second-order valence-electron chi connectivity index (χ2n) is 8.81. The van der Waals surface area contributed by atoms with E-state index in [1.807, 2.05) is 65.6 Å². The quantitative estimate of drug-likeness (QED) is 0.289. The van der Waals surface area contributed by atoms with Crippen molar-refractivity contribution in [3.05, 3.63) is 112 Å². The number of aryl methyl sites for hydroxylation is 1. The smallest absolute Gasteiger partial charge is 0.244 e. The maximum Gasteiger partial charge on any atom is 0.244 e. The minimum absolute atomic E-state index is 0.122. The molecule has 182 valence electrons. The van der Waals surface area contributed by atoms with E-state index in [-0.39, 0.29) is 24.5 Å². The van der Waals surface area contributed by atoms with Gasteiger partial charge in [0.25, 0.3) is 0 Å². The van der Waals surface area contributed by atoms with Crippen molar-refractivity contribution >= 4 is 44.9 Å². The van der Waals surface area contributed by atoms with Crippen molar-refractivity contribution in [1.29, 1.82) is 0 Å². The van der Waals surface area contributed by atoms with Crippen LogP contribution < -0.4 is 10.6 Å². The van der Waals surface area contributed by atoms with Crippen molar-refractivity contribution < 1.29 is 4.79 Å². The molecule has 6 nitrogen and oxygen atoms in total. The molecule has 2 N–H and O–H groups in total. The SMILES string of the molecule is Cc1cc([C@@H]2[C@@H](c3ccccn3)NC(=S)N2CC(=O)Nc2ccccc2)c(C)n1-c1ccc(Br)cc1. The Balaban J connectivity index is 1.53. The highest BCUT2D eigenvalue weighted by molar-refractivity contribution is 9.10. The number of carbonyl (C=O) groups excluding carboxylic acids is 1. The lowest BCUT2D eigenvalue weighted by Gasteiger charge is -2.27. The van der Waals surface area contributed by atoms with E-state index < -0.39 is 0 Å². The first-order chi connectivity index (χ1) is 17.4. The first-order valence-electron chi connectivity index (χ1n) is 11.7. The third-order valence-corrected chi connectivity index (χ3v) is 7.32. The van der Waals surface area contributed by atoms with Crippen LogP contribution >= 0.6 is 28.1 Å². The predicted octanol–water partition coefficient (Wildman–Crippen LogP) is 5.86. The van der Waals surface area contributed by atoms with Gasteiger partial charge in [-0.25, -0.2) is 0 Å². The number of rotatable bonds is 6. The molecule has 1 saturated heterocycles. The molecular weight excluding hydrogens is 534 g/mol. The zero-order chi connectivity index (χ0) is 25.2. The molecule has 2 aromatic carbocycles. The van der Waals surface area contributed by atoms with E-state index in [1.165, 1.54) is 0 Å². The van der Waals surface area contributed by atoms with Gasteiger partial charge in [-0.3, -0.25) is 9.78 Å². The first-order valence-corrected chi connectivity index (χ1v) is 12.9. The summed E-state index contributed by atoms with van der Waals surface area (Å²) in [6.07, 6.45) is 1.78. The van der Waals surface area contributed by atoms with Gasteiger partial charge in [0.15, 0.2) is 5.11 Å². The minimum Gasteiger partial charge on any atom is -0.352 e. The molecule has 4 aromatic rings. The van der Waals surface area contributed by atoms with Gasteiger partial charge < -0.3 is 20.1 Å². The van der Waals surface area contributed by atoms with E-state index in [4.69, 9.17) is 12.2 Å². The number of benzene rings is 2. The Morgan fingerprint density at radius 2 is 1.78 bits per heavy atom. The molecule has 3 heterocycles. The molecule has 1 amide bonds. The molecule has 0 aliphatic carbocycles. The van der Waals surface area contributed by atoms with Crippen LogP contribution in [0, 0.1) is 13.8 Å². The lowest BCUT2D eigenvalue weighted by molar-refractivity contribution is -0.116. The first kappa shape index (κ1) is 24.2. The van der Waals surface area contributed by atoms with E-state index in [1.54, 1.807) is 6.20 Å². The van der Waals surface area contributed by atoms with Gasteiger partial charge in [0, 0.05) is 33.4 Å². The largest absolute Gasteiger partial charge is 0.352 e. The molecule has 0 bridgehead atoms. The van der Waals surface area contributed by atoms with E-state index in [0.717, 1.165) is 38.5 Å². The van der Waals surface area contributed by atoms with Gasteiger partial charge in [-0.15, -0.1) is 0 Å². The van der Waals surface area contributed by atoms with Crippen molar-refractivity contribution in [2.75, 3.05) is 11.9 Å². The number of nitrogens with one attached hydrogen (secondary N) is 2.